The minimum Gasteiger partial charge on any atom is -0.385 e. The van der Waals surface area contributed by atoms with Crippen molar-refractivity contribution in [1.82, 2.24) is 14.8 Å². The SMILES string of the molecule is COCCCn1c(SCC(=O)Nc2cccc(F)c2)n[nH]c1=O. The molecule has 23 heavy (non-hydrogen) atoms. The van der Waals surface area contributed by atoms with E-state index in [1.165, 1.54) is 22.8 Å². The largest absolute Gasteiger partial charge is 0.385 e. The number of benzene rings is 1. The number of rotatable bonds is 8. The van der Waals surface area contributed by atoms with Crippen molar-refractivity contribution >= 4 is 23.4 Å². The van der Waals surface area contributed by atoms with Crippen LogP contribution in [-0.4, -0.2) is 40.1 Å². The van der Waals surface area contributed by atoms with Crippen LogP contribution < -0.4 is 11.0 Å². The van der Waals surface area contributed by atoms with Crippen molar-refractivity contribution < 1.29 is 13.9 Å². The molecule has 1 aromatic carbocycles. The molecule has 0 aliphatic heterocycles. The molecule has 124 valence electrons. The Kier molecular flexibility index (Phi) is 6.36. The quantitative estimate of drug-likeness (QED) is 0.561. The molecular formula is C14H17FN4O3S. The summed E-state index contributed by atoms with van der Waals surface area (Å²) in [4.78, 5) is 23.5. The highest BCUT2D eigenvalue weighted by Crippen LogP contribution is 2.15. The molecule has 2 N–H and O–H groups in total. The first-order chi connectivity index (χ1) is 11.1. The summed E-state index contributed by atoms with van der Waals surface area (Å²) in [6.45, 7) is 0.985. The molecule has 0 saturated heterocycles. The van der Waals surface area contributed by atoms with Crippen molar-refractivity contribution in [3.8, 4) is 0 Å². The standard InChI is InChI=1S/C14H17FN4O3S/c1-22-7-3-6-19-13(21)17-18-14(19)23-9-12(20)16-11-5-2-4-10(15)8-11/h2,4-5,8H,3,6-7,9H2,1H3,(H,16,20)(H,17,21). The van der Waals surface area contributed by atoms with Crippen LogP contribution >= 0.6 is 11.8 Å². The zero-order chi connectivity index (χ0) is 16.7. The molecule has 1 heterocycles. The number of thioether (sulfide) groups is 1. The lowest BCUT2D eigenvalue weighted by Crippen LogP contribution is -2.19. The van der Waals surface area contributed by atoms with Crippen molar-refractivity contribution in [2.75, 3.05) is 24.8 Å². The molecular weight excluding hydrogens is 323 g/mol. The van der Waals surface area contributed by atoms with Crippen molar-refractivity contribution in [2.45, 2.75) is 18.1 Å². The Morgan fingerprint density at radius 3 is 3.09 bits per heavy atom. The Morgan fingerprint density at radius 1 is 1.52 bits per heavy atom. The van der Waals surface area contributed by atoms with Gasteiger partial charge in [-0.2, -0.15) is 0 Å². The number of ether oxygens (including phenoxy) is 1. The molecule has 0 atom stereocenters. The molecule has 9 heteroatoms. The van der Waals surface area contributed by atoms with Crippen LogP contribution in [0.4, 0.5) is 10.1 Å². The Balaban J connectivity index is 1.90. The molecule has 2 rings (SSSR count). The summed E-state index contributed by atoms with van der Waals surface area (Å²) < 4.78 is 19.5. The monoisotopic (exact) mass is 340 g/mol. The second-order valence-electron chi connectivity index (χ2n) is 4.66. The summed E-state index contributed by atoms with van der Waals surface area (Å²) in [5.41, 5.74) is 0.0595. The lowest BCUT2D eigenvalue weighted by atomic mass is 10.3. The van der Waals surface area contributed by atoms with E-state index in [0.29, 0.717) is 30.4 Å². The van der Waals surface area contributed by atoms with Gasteiger partial charge in [0.1, 0.15) is 5.82 Å². The predicted molar refractivity (Wildman–Crippen MR) is 85.1 cm³/mol. The highest BCUT2D eigenvalue weighted by Gasteiger charge is 2.11. The summed E-state index contributed by atoms with van der Waals surface area (Å²) >= 11 is 1.13. The van der Waals surface area contributed by atoms with Gasteiger partial charge in [0.15, 0.2) is 5.16 Å². The lowest BCUT2D eigenvalue weighted by molar-refractivity contribution is -0.113. The number of nitrogens with zero attached hydrogens (tertiary/aromatic N) is 2. The second-order valence-corrected chi connectivity index (χ2v) is 5.60. The van der Waals surface area contributed by atoms with Gasteiger partial charge in [0.25, 0.3) is 0 Å². The van der Waals surface area contributed by atoms with Gasteiger partial charge < -0.3 is 10.1 Å². The number of anilines is 1. The van der Waals surface area contributed by atoms with Gasteiger partial charge in [0.2, 0.25) is 5.91 Å². The smallest absolute Gasteiger partial charge is 0.343 e. The second kappa shape index (κ2) is 8.49. The van der Waals surface area contributed by atoms with Gasteiger partial charge in [-0.1, -0.05) is 17.8 Å². The maximum absolute atomic E-state index is 13.1. The number of carbonyl (C=O) groups excluding carboxylic acids is 1. The highest BCUT2D eigenvalue weighted by molar-refractivity contribution is 7.99. The predicted octanol–water partition coefficient (Wildman–Crippen LogP) is 1.48. The average molecular weight is 340 g/mol. The summed E-state index contributed by atoms with van der Waals surface area (Å²) in [6, 6.07) is 5.64. The summed E-state index contributed by atoms with van der Waals surface area (Å²) in [7, 11) is 1.59. The van der Waals surface area contributed by atoms with E-state index in [1.807, 2.05) is 0 Å². The maximum Gasteiger partial charge on any atom is 0.343 e. The molecule has 0 aliphatic rings. The van der Waals surface area contributed by atoms with Crippen molar-refractivity contribution in [3.05, 3.63) is 40.6 Å². The summed E-state index contributed by atoms with van der Waals surface area (Å²) in [5.74, 6) is -0.667. The molecule has 0 aliphatic carbocycles. The first kappa shape index (κ1) is 17.2. The van der Waals surface area contributed by atoms with Crippen LogP contribution in [0, 0.1) is 5.82 Å². The maximum atomic E-state index is 13.1. The Morgan fingerprint density at radius 2 is 2.35 bits per heavy atom. The number of carbonyl (C=O) groups is 1. The van der Waals surface area contributed by atoms with Gasteiger partial charge >= 0.3 is 5.69 Å². The number of nitrogens with one attached hydrogen (secondary N) is 2. The third-order valence-corrected chi connectivity index (χ3v) is 3.87. The van der Waals surface area contributed by atoms with E-state index >= 15 is 0 Å². The Labute approximate surface area is 136 Å². The van der Waals surface area contributed by atoms with Crippen LogP contribution in [0.5, 0.6) is 0 Å². The van der Waals surface area contributed by atoms with E-state index < -0.39 is 5.82 Å². The third-order valence-electron chi connectivity index (χ3n) is 2.89. The van der Waals surface area contributed by atoms with E-state index in [-0.39, 0.29) is 17.3 Å². The van der Waals surface area contributed by atoms with E-state index in [0.717, 1.165) is 11.8 Å². The van der Waals surface area contributed by atoms with Crippen LogP contribution in [0.2, 0.25) is 0 Å². The number of hydrogen-bond donors (Lipinski definition) is 2. The van der Waals surface area contributed by atoms with Gasteiger partial charge in [-0.15, -0.1) is 5.10 Å². The summed E-state index contributed by atoms with van der Waals surface area (Å²) in [5, 5.41) is 9.27. The zero-order valence-corrected chi connectivity index (χ0v) is 13.4. The number of aromatic amines is 1. The van der Waals surface area contributed by atoms with Crippen molar-refractivity contribution in [1.29, 1.82) is 0 Å². The number of hydrogen-bond acceptors (Lipinski definition) is 5. The molecule has 0 fully saturated rings. The van der Waals surface area contributed by atoms with Crippen LogP contribution in [0.15, 0.2) is 34.2 Å². The fourth-order valence-corrected chi connectivity index (χ4v) is 2.64. The van der Waals surface area contributed by atoms with E-state index in [2.05, 4.69) is 15.5 Å². The number of aromatic nitrogens is 3. The van der Waals surface area contributed by atoms with Crippen LogP contribution in [-0.2, 0) is 16.1 Å². The summed E-state index contributed by atoms with van der Waals surface area (Å²) in [6.07, 6.45) is 0.666. The zero-order valence-electron chi connectivity index (χ0n) is 12.5. The van der Waals surface area contributed by atoms with Crippen LogP contribution in [0.25, 0.3) is 0 Å². The fraction of sp³-hybridized carbons (Fsp3) is 0.357. The molecule has 2 aromatic rings. The molecule has 0 saturated carbocycles. The van der Waals surface area contributed by atoms with Gasteiger partial charge in [0.05, 0.1) is 5.75 Å². The van der Waals surface area contributed by atoms with Crippen molar-refractivity contribution in [2.24, 2.45) is 0 Å². The van der Waals surface area contributed by atoms with Gasteiger partial charge in [-0.25, -0.2) is 14.3 Å². The number of halogens is 1. The van der Waals surface area contributed by atoms with Crippen LogP contribution in [0.1, 0.15) is 6.42 Å². The van der Waals surface area contributed by atoms with Gasteiger partial charge in [0, 0.05) is 25.9 Å². The molecule has 1 aromatic heterocycles. The lowest BCUT2D eigenvalue weighted by Gasteiger charge is -2.06. The number of methoxy groups -OCH3 is 1. The van der Waals surface area contributed by atoms with Crippen molar-refractivity contribution in [3.63, 3.8) is 0 Å². The Hall–Kier alpha value is -2.13. The minimum atomic E-state index is -0.422. The van der Waals surface area contributed by atoms with E-state index in [4.69, 9.17) is 4.74 Å². The van der Waals surface area contributed by atoms with E-state index in [9.17, 15) is 14.0 Å². The van der Waals surface area contributed by atoms with Gasteiger partial charge in [-0.05, 0) is 24.6 Å². The average Bonchev–Trinajstić information content (AvgIpc) is 2.86. The first-order valence-electron chi connectivity index (χ1n) is 6.92. The molecule has 0 radical (unpaired) electrons. The molecule has 1 amide bonds. The molecule has 0 bridgehead atoms. The molecule has 0 unspecified atom stereocenters. The molecule has 0 spiro atoms. The first-order valence-corrected chi connectivity index (χ1v) is 7.91. The highest BCUT2D eigenvalue weighted by atomic mass is 32.2. The molecule has 7 nitrogen and oxygen atoms in total. The van der Waals surface area contributed by atoms with Gasteiger partial charge in [-0.3, -0.25) is 9.36 Å². The number of H-pyrrole nitrogens is 1. The fourth-order valence-electron chi connectivity index (χ4n) is 1.87. The normalized spacial score (nSPS) is 10.7. The van der Waals surface area contributed by atoms with Crippen LogP contribution in [0.3, 0.4) is 0 Å². The number of amides is 1. The Bertz CT molecular complexity index is 716. The third kappa shape index (κ3) is 5.22. The van der Waals surface area contributed by atoms with E-state index in [1.54, 1.807) is 13.2 Å². The minimum absolute atomic E-state index is 0.0606. The topological polar surface area (TPSA) is 89.0 Å².